The second-order valence-corrected chi connectivity index (χ2v) is 9.74. The van der Waals surface area contributed by atoms with E-state index in [4.69, 9.17) is 12.2 Å². The Balaban J connectivity index is 1.53. The second kappa shape index (κ2) is 10.6. The van der Waals surface area contributed by atoms with Gasteiger partial charge < -0.3 is 20.1 Å². The molecule has 0 saturated carbocycles. The monoisotopic (exact) mass is 509 g/mol. The van der Waals surface area contributed by atoms with Crippen molar-refractivity contribution < 1.29 is 4.79 Å². The Labute approximate surface area is 223 Å². The number of rotatable bonds is 7. The normalized spacial score (nSPS) is 17.1. The first kappa shape index (κ1) is 24.7. The summed E-state index contributed by atoms with van der Waals surface area (Å²) in [6, 6.07) is 25.9. The van der Waals surface area contributed by atoms with Crippen LogP contribution in [0.1, 0.15) is 47.2 Å². The van der Waals surface area contributed by atoms with Gasteiger partial charge in [-0.3, -0.25) is 9.78 Å². The molecule has 7 heteroatoms. The Hall–Kier alpha value is -3.97. The number of hydrogen-bond acceptors (Lipinski definition) is 3. The number of aryl methyl sites for hydroxylation is 2. The van der Waals surface area contributed by atoms with Crippen molar-refractivity contribution in [3.8, 4) is 5.69 Å². The fraction of sp³-hybridized carbons (Fsp3) is 0.233. The van der Waals surface area contributed by atoms with Crippen molar-refractivity contribution in [3.05, 3.63) is 113 Å². The van der Waals surface area contributed by atoms with Crippen LogP contribution in [0.5, 0.6) is 0 Å². The van der Waals surface area contributed by atoms with Gasteiger partial charge in [0, 0.05) is 29.0 Å². The number of anilines is 1. The number of nitrogens with zero attached hydrogens (tertiary/aromatic N) is 3. The minimum Gasteiger partial charge on any atom is -0.352 e. The quantitative estimate of drug-likeness (QED) is 0.315. The van der Waals surface area contributed by atoms with Crippen LogP contribution in [-0.4, -0.2) is 32.0 Å². The lowest BCUT2D eigenvalue weighted by Gasteiger charge is -2.27. The van der Waals surface area contributed by atoms with Gasteiger partial charge in [-0.1, -0.05) is 43.3 Å². The molecule has 2 atom stereocenters. The van der Waals surface area contributed by atoms with Gasteiger partial charge in [0.2, 0.25) is 5.91 Å². The topological polar surface area (TPSA) is 62.2 Å². The van der Waals surface area contributed by atoms with Crippen LogP contribution in [0.25, 0.3) is 5.69 Å². The third-order valence-electron chi connectivity index (χ3n) is 6.96. The second-order valence-electron chi connectivity index (χ2n) is 9.35. The number of carbonyl (C=O) groups is 1. The first-order valence-electron chi connectivity index (χ1n) is 12.6. The molecule has 1 saturated heterocycles. The largest absolute Gasteiger partial charge is 0.352 e. The highest BCUT2D eigenvalue weighted by Gasteiger charge is 2.42. The van der Waals surface area contributed by atoms with E-state index in [9.17, 15) is 4.79 Å². The zero-order chi connectivity index (χ0) is 25.9. The number of benzene rings is 2. The maximum atomic E-state index is 13.1. The Morgan fingerprint density at radius 2 is 1.76 bits per heavy atom. The maximum Gasteiger partial charge on any atom is 0.244 e. The molecule has 2 aromatic carbocycles. The van der Waals surface area contributed by atoms with E-state index in [1.807, 2.05) is 53.4 Å². The van der Waals surface area contributed by atoms with Crippen LogP contribution >= 0.6 is 12.2 Å². The molecule has 0 aliphatic carbocycles. The molecule has 4 aromatic rings. The van der Waals surface area contributed by atoms with Crippen molar-refractivity contribution >= 4 is 28.9 Å². The Bertz CT molecular complexity index is 1400. The van der Waals surface area contributed by atoms with E-state index in [1.54, 1.807) is 6.20 Å². The smallest absolute Gasteiger partial charge is 0.244 e. The number of amides is 1. The number of carbonyl (C=O) groups excluding carboxylic acids is 1. The third-order valence-corrected chi connectivity index (χ3v) is 7.31. The number of para-hydroxylation sites is 1. The molecular weight excluding hydrogens is 478 g/mol. The SMILES string of the molecule is CCc1ccc(-n2c(C)cc([C@H]3[C@@H](c4ccccn4)NC(=S)N3CC(=O)Nc3ccccc3)c2C)cc1. The molecule has 0 spiro atoms. The molecule has 1 aliphatic rings. The number of nitrogens with one attached hydrogen (secondary N) is 2. The van der Waals surface area contributed by atoms with Gasteiger partial charge >= 0.3 is 0 Å². The summed E-state index contributed by atoms with van der Waals surface area (Å²) in [5, 5.41) is 6.99. The van der Waals surface area contributed by atoms with Crippen LogP contribution < -0.4 is 10.6 Å². The van der Waals surface area contributed by atoms with Gasteiger partial charge in [0.15, 0.2) is 5.11 Å². The van der Waals surface area contributed by atoms with E-state index >= 15 is 0 Å². The van der Waals surface area contributed by atoms with Gasteiger partial charge in [0.1, 0.15) is 6.54 Å². The zero-order valence-electron chi connectivity index (χ0n) is 21.3. The van der Waals surface area contributed by atoms with Crippen molar-refractivity contribution in [1.82, 2.24) is 19.8 Å². The lowest BCUT2D eigenvalue weighted by molar-refractivity contribution is -0.116. The van der Waals surface area contributed by atoms with Gasteiger partial charge in [-0.25, -0.2) is 0 Å². The summed E-state index contributed by atoms with van der Waals surface area (Å²) in [6.07, 6.45) is 2.80. The fourth-order valence-corrected chi connectivity index (χ4v) is 5.46. The highest BCUT2D eigenvalue weighted by molar-refractivity contribution is 7.80. The highest BCUT2D eigenvalue weighted by atomic mass is 32.1. The van der Waals surface area contributed by atoms with Gasteiger partial charge in [-0.15, -0.1) is 0 Å². The lowest BCUT2D eigenvalue weighted by atomic mass is 9.96. The number of aromatic nitrogens is 2. The summed E-state index contributed by atoms with van der Waals surface area (Å²) in [4.78, 5) is 19.7. The molecule has 1 aliphatic heterocycles. The van der Waals surface area contributed by atoms with Crippen LogP contribution in [0, 0.1) is 13.8 Å². The van der Waals surface area contributed by atoms with E-state index in [-0.39, 0.29) is 24.5 Å². The van der Waals surface area contributed by atoms with E-state index < -0.39 is 0 Å². The Morgan fingerprint density at radius 1 is 1.03 bits per heavy atom. The molecule has 2 N–H and O–H groups in total. The average Bonchev–Trinajstić information content (AvgIpc) is 3.39. The van der Waals surface area contributed by atoms with Crippen LogP contribution in [0.3, 0.4) is 0 Å². The summed E-state index contributed by atoms with van der Waals surface area (Å²) in [5.74, 6) is -0.119. The Kier molecular flexibility index (Phi) is 7.06. The predicted molar refractivity (Wildman–Crippen MR) is 152 cm³/mol. The van der Waals surface area contributed by atoms with Gasteiger partial charge in [-0.2, -0.15) is 0 Å². The van der Waals surface area contributed by atoms with Gasteiger partial charge in [0.05, 0.1) is 17.8 Å². The summed E-state index contributed by atoms with van der Waals surface area (Å²) in [7, 11) is 0. The van der Waals surface area contributed by atoms with Gasteiger partial charge in [0.25, 0.3) is 0 Å². The molecule has 1 amide bonds. The van der Waals surface area contributed by atoms with Gasteiger partial charge in [-0.05, 0) is 86.1 Å². The zero-order valence-corrected chi connectivity index (χ0v) is 22.1. The van der Waals surface area contributed by atoms with Crippen molar-refractivity contribution in [1.29, 1.82) is 0 Å². The van der Waals surface area contributed by atoms with Crippen molar-refractivity contribution in [2.75, 3.05) is 11.9 Å². The Morgan fingerprint density at radius 3 is 2.43 bits per heavy atom. The fourth-order valence-electron chi connectivity index (χ4n) is 5.16. The molecule has 37 heavy (non-hydrogen) atoms. The number of hydrogen-bond donors (Lipinski definition) is 2. The van der Waals surface area contributed by atoms with E-state index in [1.165, 1.54) is 5.56 Å². The summed E-state index contributed by atoms with van der Waals surface area (Å²) in [6.45, 7) is 6.54. The molecule has 1 fully saturated rings. The molecule has 3 heterocycles. The predicted octanol–water partition coefficient (Wildman–Crippen LogP) is 5.66. The number of pyridine rings is 1. The number of thiocarbonyl (C=S) groups is 1. The van der Waals surface area contributed by atoms with E-state index in [0.29, 0.717) is 5.11 Å². The third kappa shape index (κ3) is 5.00. The lowest BCUT2D eigenvalue weighted by Crippen LogP contribution is -2.37. The molecule has 6 nitrogen and oxygen atoms in total. The molecule has 188 valence electrons. The van der Waals surface area contributed by atoms with E-state index in [2.05, 4.69) is 71.3 Å². The first-order chi connectivity index (χ1) is 18.0. The molecule has 2 aromatic heterocycles. The van der Waals surface area contributed by atoms with Crippen molar-refractivity contribution in [3.63, 3.8) is 0 Å². The standard InChI is InChI=1S/C30H31N5OS/c1-4-22-13-15-24(16-14-22)35-20(2)18-25(21(35)3)29-28(26-12-8-9-17-31-26)33-30(37)34(29)19-27(36)32-23-10-6-5-7-11-23/h5-18,28-29H,4,19H2,1-3H3,(H,32,36)(H,33,37)/t28-,29+/m1/s1. The minimum absolute atomic E-state index is 0.119. The van der Waals surface area contributed by atoms with E-state index in [0.717, 1.165) is 40.4 Å². The van der Waals surface area contributed by atoms with Crippen LogP contribution in [0.15, 0.2) is 85.1 Å². The first-order valence-corrected chi connectivity index (χ1v) is 13.0. The summed E-state index contributed by atoms with van der Waals surface area (Å²) in [5.41, 5.74) is 7.44. The van der Waals surface area contributed by atoms with Crippen molar-refractivity contribution in [2.45, 2.75) is 39.3 Å². The van der Waals surface area contributed by atoms with Crippen LogP contribution in [0.2, 0.25) is 0 Å². The molecule has 5 rings (SSSR count). The average molecular weight is 510 g/mol. The molecular formula is C30H31N5OS. The molecule has 0 radical (unpaired) electrons. The minimum atomic E-state index is -0.196. The van der Waals surface area contributed by atoms with Crippen LogP contribution in [0.4, 0.5) is 5.69 Å². The summed E-state index contributed by atoms with van der Waals surface area (Å²) < 4.78 is 2.27. The highest BCUT2D eigenvalue weighted by Crippen LogP contribution is 2.41. The van der Waals surface area contributed by atoms with Crippen molar-refractivity contribution in [2.24, 2.45) is 0 Å². The molecule has 0 bridgehead atoms. The maximum absolute atomic E-state index is 13.1. The summed E-state index contributed by atoms with van der Waals surface area (Å²) >= 11 is 5.78. The van der Waals surface area contributed by atoms with Crippen LogP contribution in [-0.2, 0) is 11.2 Å². The molecule has 0 unspecified atom stereocenters.